The minimum atomic E-state index is -4.61. The standard InChI is InChI=1S/C45H47ClF3N7O7S/c1-44(2)12-9-30(37(23-44)35-6-3-31(20-38(35)46)45(47,48)49)26-54-14-16-55(17-15-54)32-4-7-36(41(21-32)63-33-19-29-10-13-50-42(29)52-25-33)43(57)53-64(60,61)34-5-8-39(40(22-34)56(58)59)51-24-28-11-18-62-27-28/h3-8,10,13,19-22,25,28,51H,9,11-12,14-18,23-24,26-27H2,1-2H3,(H,50,52)(H,53,57). The van der Waals surface area contributed by atoms with Gasteiger partial charge in [0.1, 0.15) is 22.8 Å². The number of amides is 1. The van der Waals surface area contributed by atoms with Gasteiger partial charge >= 0.3 is 6.18 Å². The van der Waals surface area contributed by atoms with Gasteiger partial charge in [0.05, 0.1) is 33.7 Å². The lowest BCUT2D eigenvalue weighted by atomic mass is 9.72. The number of carbonyl (C=O) groups is 1. The smallest absolute Gasteiger partial charge is 0.416 e. The molecule has 5 aromatic rings. The molecule has 8 rings (SSSR count). The molecule has 14 nitrogen and oxygen atoms in total. The second-order valence-corrected chi connectivity index (χ2v) is 19.3. The Labute approximate surface area is 373 Å². The van der Waals surface area contributed by atoms with Crippen LogP contribution < -0.4 is 19.7 Å². The highest BCUT2D eigenvalue weighted by atomic mass is 35.5. The summed E-state index contributed by atoms with van der Waals surface area (Å²) in [4.78, 5) is 36.6. The summed E-state index contributed by atoms with van der Waals surface area (Å²) in [7, 11) is -4.61. The lowest BCUT2D eigenvalue weighted by molar-refractivity contribution is -0.384. The van der Waals surface area contributed by atoms with Gasteiger partial charge in [-0.1, -0.05) is 37.1 Å². The van der Waals surface area contributed by atoms with E-state index in [1.807, 2.05) is 0 Å². The summed E-state index contributed by atoms with van der Waals surface area (Å²) in [5, 5.41) is 15.9. The quantitative estimate of drug-likeness (QED) is 0.0759. The van der Waals surface area contributed by atoms with Crippen molar-refractivity contribution in [1.82, 2.24) is 19.6 Å². The number of H-pyrrole nitrogens is 1. The fourth-order valence-electron chi connectivity index (χ4n) is 8.46. The molecule has 2 aliphatic heterocycles. The van der Waals surface area contributed by atoms with Gasteiger partial charge < -0.3 is 24.7 Å². The van der Waals surface area contributed by atoms with Gasteiger partial charge in [0.2, 0.25) is 0 Å². The van der Waals surface area contributed by atoms with Crippen molar-refractivity contribution in [3.8, 4) is 11.5 Å². The van der Waals surface area contributed by atoms with Crippen LogP contribution in [0.3, 0.4) is 0 Å². The van der Waals surface area contributed by atoms with Crippen LogP contribution in [0.4, 0.5) is 30.2 Å². The Morgan fingerprint density at radius 2 is 1.88 bits per heavy atom. The number of ether oxygens (including phenoxy) is 2. The van der Waals surface area contributed by atoms with E-state index < -0.39 is 43.2 Å². The van der Waals surface area contributed by atoms with Crippen molar-refractivity contribution in [3.05, 3.63) is 117 Å². The zero-order valence-corrected chi connectivity index (χ0v) is 36.7. The maximum Gasteiger partial charge on any atom is 0.416 e. The van der Waals surface area contributed by atoms with Crippen LogP contribution in [-0.2, 0) is 20.9 Å². The number of fused-ring (bicyclic) bond motifs is 1. The van der Waals surface area contributed by atoms with E-state index in [1.165, 1.54) is 30.5 Å². The predicted octanol–water partition coefficient (Wildman–Crippen LogP) is 9.29. The lowest BCUT2D eigenvalue weighted by Crippen LogP contribution is -2.47. The Morgan fingerprint density at radius 1 is 1.08 bits per heavy atom. The van der Waals surface area contributed by atoms with E-state index in [-0.39, 0.29) is 33.4 Å². The number of nitro groups is 1. The molecule has 338 valence electrons. The molecule has 0 spiro atoms. The number of pyridine rings is 1. The van der Waals surface area contributed by atoms with E-state index in [1.54, 1.807) is 30.5 Å². The number of nitrogens with one attached hydrogen (secondary N) is 3. The number of rotatable bonds is 13. The summed E-state index contributed by atoms with van der Waals surface area (Å²) in [5.74, 6) is -0.505. The van der Waals surface area contributed by atoms with E-state index in [0.717, 1.165) is 54.0 Å². The number of hydrogen-bond acceptors (Lipinski definition) is 11. The molecule has 1 amide bonds. The highest BCUT2D eigenvalue weighted by Crippen LogP contribution is 2.46. The average molecular weight is 922 g/mol. The summed E-state index contributed by atoms with van der Waals surface area (Å²) in [5.41, 5.74) is 2.85. The van der Waals surface area contributed by atoms with Crippen molar-refractivity contribution < 1.29 is 40.8 Å². The van der Waals surface area contributed by atoms with Gasteiger partial charge in [0.25, 0.3) is 21.6 Å². The number of aromatic nitrogens is 2. The Morgan fingerprint density at radius 3 is 2.59 bits per heavy atom. The number of allylic oxidation sites excluding steroid dienone is 1. The molecule has 1 atom stereocenters. The second kappa shape index (κ2) is 18.1. The van der Waals surface area contributed by atoms with Crippen LogP contribution in [0.5, 0.6) is 11.5 Å². The number of sulfonamides is 1. The Bertz CT molecular complexity index is 2730. The molecule has 0 saturated carbocycles. The predicted molar refractivity (Wildman–Crippen MR) is 237 cm³/mol. The molecule has 0 bridgehead atoms. The molecular formula is C45H47ClF3N7O7S. The van der Waals surface area contributed by atoms with Crippen LogP contribution in [0.2, 0.25) is 5.02 Å². The van der Waals surface area contributed by atoms with Gasteiger partial charge in [-0.2, -0.15) is 13.2 Å². The average Bonchev–Trinajstić information content (AvgIpc) is 3.96. The number of piperazine rings is 1. The molecule has 3 aliphatic rings. The summed E-state index contributed by atoms with van der Waals surface area (Å²) >= 11 is 6.53. The first-order valence-electron chi connectivity index (χ1n) is 20.9. The molecule has 1 aliphatic carbocycles. The van der Waals surface area contributed by atoms with Crippen LogP contribution in [-0.4, -0.2) is 86.6 Å². The SMILES string of the molecule is CC1(C)CCC(CN2CCN(c3ccc(C(=O)NS(=O)(=O)c4ccc(NCC5CCOC5)c([N+](=O)[O-])c4)c(Oc4cnc5[nH]ccc5c4)c3)CC2)=C(c2ccc(C(F)(F)F)cc2Cl)C1. The molecule has 2 saturated heterocycles. The maximum atomic E-state index is 13.9. The van der Waals surface area contributed by atoms with E-state index in [0.29, 0.717) is 81.6 Å². The highest BCUT2D eigenvalue weighted by Gasteiger charge is 2.34. The molecule has 4 heterocycles. The van der Waals surface area contributed by atoms with Gasteiger partial charge in [-0.25, -0.2) is 18.1 Å². The van der Waals surface area contributed by atoms with E-state index in [2.05, 4.69) is 43.7 Å². The van der Waals surface area contributed by atoms with Crippen LogP contribution in [0.25, 0.3) is 16.6 Å². The fourth-order valence-corrected chi connectivity index (χ4v) is 9.74. The van der Waals surface area contributed by atoms with Crippen LogP contribution in [0.1, 0.15) is 61.0 Å². The van der Waals surface area contributed by atoms with Crippen LogP contribution >= 0.6 is 11.6 Å². The number of nitro benzene ring substituents is 1. The third-order valence-corrected chi connectivity index (χ3v) is 13.7. The number of hydrogen-bond donors (Lipinski definition) is 3. The van der Waals surface area contributed by atoms with Crippen LogP contribution in [0.15, 0.2) is 89.6 Å². The Kier molecular flexibility index (Phi) is 12.7. The number of halogens is 4. The van der Waals surface area contributed by atoms with Crippen LogP contribution in [0, 0.1) is 21.4 Å². The van der Waals surface area contributed by atoms with Gasteiger partial charge in [-0.15, -0.1) is 0 Å². The normalized spacial score (nSPS) is 18.3. The third kappa shape index (κ3) is 10.1. The number of aromatic amines is 1. The number of carbonyl (C=O) groups excluding carboxylic acids is 1. The molecule has 3 N–H and O–H groups in total. The molecule has 19 heteroatoms. The van der Waals surface area contributed by atoms with Crippen molar-refractivity contribution >= 4 is 61.2 Å². The van der Waals surface area contributed by atoms with Crippen molar-refractivity contribution in [3.63, 3.8) is 0 Å². The molecule has 2 aromatic heterocycles. The van der Waals surface area contributed by atoms with Crippen molar-refractivity contribution in [2.45, 2.75) is 50.6 Å². The topological polar surface area (TPSA) is 172 Å². The Balaban J connectivity index is 1.01. The highest BCUT2D eigenvalue weighted by molar-refractivity contribution is 7.90. The van der Waals surface area contributed by atoms with Gasteiger partial charge in [0.15, 0.2) is 0 Å². The molecule has 64 heavy (non-hydrogen) atoms. The first-order valence-corrected chi connectivity index (χ1v) is 22.8. The minimum absolute atomic E-state index is 0.0469. The molecular weight excluding hydrogens is 875 g/mol. The summed E-state index contributed by atoms with van der Waals surface area (Å²) in [6.45, 7) is 8.95. The fraction of sp³-hybridized carbons (Fsp3) is 0.378. The third-order valence-electron chi connectivity index (χ3n) is 12.1. The van der Waals surface area contributed by atoms with Gasteiger partial charge in [-0.3, -0.25) is 19.8 Å². The van der Waals surface area contributed by atoms with E-state index in [4.69, 9.17) is 21.1 Å². The molecule has 1 unspecified atom stereocenters. The van der Waals surface area contributed by atoms with Crippen molar-refractivity contribution in [2.24, 2.45) is 11.3 Å². The van der Waals surface area contributed by atoms with Gasteiger partial charge in [-0.05, 0) is 90.8 Å². The zero-order valence-electron chi connectivity index (χ0n) is 35.1. The number of anilines is 2. The minimum Gasteiger partial charge on any atom is -0.455 e. The first kappa shape index (κ1) is 44.9. The number of alkyl halides is 3. The zero-order chi connectivity index (χ0) is 45.4. The number of benzene rings is 3. The largest absolute Gasteiger partial charge is 0.455 e. The van der Waals surface area contributed by atoms with Crippen molar-refractivity contribution in [2.75, 3.05) is 62.7 Å². The molecule has 3 aromatic carbocycles. The molecule has 2 fully saturated rings. The van der Waals surface area contributed by atoms with E-state index >= 15 is 0 Å². The van der Waals surface area contributed by atoms with Crippen molar-refractivity contribution in [1.29, 1.82) is 0 Å². The summed E-state index contributed by atoms with van der Waals surface area (Å²) in [6.07, 6.45) is 1.91. The first-order chi connectivity index (χ1) is 30.4. The van der Waals surface area contributed by atoms with Gasteiger partial charge in [0, 0.05) is 86.2 Å². The number of nitrogens with zero attached hydrogens (tertiary/aromatic N) is 4. The molecule has 0 radical (unpaired) electrons. The second-order valence-electron chi connectivity index (χ2n) is 17.2. The van der Waals surface area contributed by atoms with E-state index in [9.17, 15) is 36.5 Å². The Hall–Kier alpha value is -5.69. The monoisotopic (exact) mass is 921 g/mol. The summed E-state index contributed by atoms with van der Waals surface area (Å²) < 4.78 is 81.4. The maximum absolute atomic E-state index is 13.9. The summed E-state index contributed by atoms with van der Waals surface area (Å²) in [6, 6.07) is 15.4. The lowest BCUT2D eigenvalue weighted by Gasteiger charge is -2.39.